The molecule has 1 atom stereocenters. The van der Waals surface area contributed by atoms with Crippen LogP contribution in [0.25, 0.3) is 11.1 Å². The van der Waals surface area contributed by atoms with Crippen molar-refractivity contribution in [2.45, 2.75) is 31.4 Å². The lowest BCUT2D eigenvalue weighted by atomic mass is 9.99. The number of hydrogen-bond acceptors (Lipinski definition) is 4. The SMILES string of the molecule is CC(=O)NCC1CN(c2ccc(-c3ccc(C4(N)CC4)cc3)c(F)c2)C(=O)O1. The summed E-state index contributed by atoms with van der Waals surface area (Å²) >= 11 is 0. The summed E-state index contributed by atoms with van der Waals surface area (Å²) in [5, 5.41) is 2.62. The van der Waals surface area contributed by atoms with E-state index in [9.17, 15) is 14.0 Å². The maximum absolute atomic E-state index is 14.8. The van der Waals surface area contributed by atoms with E-state index in [0.717, 1.165) is 24.0 Å². The van der Waals surface area contributed by atoms with Gasteiger partial charge in [0.25, 0.3) is 0 Å². The summed E-state index contributed by atoms with van der Waals surface area (Å²) in [6.45, 7) is 1.88. The number of carbonyl (C=O) groups excluding carboxylic acids is 2. The summed E-state index contributed by atoms with van der Waals surface area (Å²) < 4.78 is 20.0. The molecule has 28 heavy (non-hydrogen) atoms. The van der Waals surface area contributed by atoms with Gasteiger partial charge in [0, 0.05) is 18.0 Å². The number of cyclic esters (lactones) is 1. The number of nitrogens with zero attached hydrogens (tertiary/aromatic N) is 1. The van der Waals surface area contributed by atoms with Crippen LogP contribution in [0, 0.1) is 5.82 Å². The monoisotopic (exact) mass is 383 g/mol. The van der Waals surface area contributed by atoms with Crippen molar-refractivity contribution in [2.24, 2.45) is 5.73 Å². The van der Waals surface area contributed by atoms with Crippen molar-refractivity contribution >= 4 is 17.7 Å². The third kappa shape index (κ3) is 3.57. The van der Waals surface area contributed by atoms with Crippen molar-refractivity contribution in [3.8, 4) is 11.1 Å². The van der Waals surface area contributed by atoms with Crippen molar-refractivity contribution in [3.05, 3.63) is 53.8 Å². The number of rotatable bonds is 5. The fourth-order valence-corrected chi connectivity index (χ4v) is 3.41. The minimum absolute atomic E-state index is 0.196. The topological polar surface area (TPSA) is 84.7 Å². The van der Waals surface area contributed by atoms with Crippen molar-refractivity contribution in [2.75, 3.05) is 18.0 Å². The predicted octanol–water partition coefficient (Wildman–Crippen LogP) is 2.90. The first-order valence-electron chi connectivity index (χ1n) is 9.28. The van der Waals surface area contributed by atoms with E-state index in [4.69, 9.17) is 10.5 Å². The van der Waals surface area contributed by atoms with Crippen LogP contribution in [0.5, 0.6) is 0 Å². The van der Waals surface area contributed by atoms with Gasteiger partial charge in [-0.15, -0.1) is 0 Å². The lowest BCUT2D eigenvalue weighted by Crippen LogP contribution is -2.33. The van der Waals surface area contributed by atoms with Crippen LogP contribution in [0.4, 0.5) is 14.9 Å². The number of benzene rings is 2. The average molecular weight is 383 g/mol. The first kappa shape index (κ1) is 18.4. The van der Waals surface area contributed by atoms with E-state index >= 15 is 0 Å². The van der Waals surface area contributed by atoms with E-state index < -0.39 is 18.0 Å². The number of carbonyl (C=O) groups is 2. The summed E-state index contributed by atoms with van der Waals surface area (Å²) in [6, 6.07) is 12.3. The van der Waals surface area contributed by atoms with E-state index in [1.54, 1.807) is 12.1 Å². The van der Waals surface area contributed by atoms with E-state index in [0.29, 0.717) is 11.3 Å². The largest absolute Gasteiger partial charge is 0.442 e. The van der Waals surface area contributed by atoms with Crippen LogP contribution in [-0.2, 0) is 15.1 Å². The number of ether oxygens (including phenoxy) is 1. The Labute approximate surface area is 162 Å². The molecule has 7 heteroatoms. The summed E-state index contributed by atoms with van der Waals surface area (Å²) in [5.74, 6) is -0.615. The van der Waals surface area contributed by atoms with Gasteiger partial charge in [0.05, 0.1) is 18.8 Å². The molecule has 1 saturated heterocycles. The van der Waals surface area contributed by atoms with E-state index in [1.165, 1.54) is 17.9 Å². The maximum atomic E-state index is 14.8. The van der Waals surface area contributed by atoms with Gasteiger partial charge in [-0.3, -0.25) is 9.69 Å². The number of anilines is 1. The molecule has 0 spiro atoms. The lowest BCUT2D eigenvalue weighted by molar-refractivity contribution is -0.119. The zero-order chi connectivity index (χ0) is 19.9. The van der Waals surface area contributed by atoms with Crippen molar-refractivity contribution < 1.29 is 18.7 Å². The molecule has 2 aromatic carbocycles. The van der Waals surface area contributed by atoms with Crippen LogP contribution in [-0.4, -0.2) is 31.2 Å². The number of hydrogen-bond donors (Lipinski definition) is 2. The first-order chi connectivity index (χ1) is 13.4. The van der Waals surface area contributed by atoms with Crippen LogP contribution < -0.4 is 16.0 Å². The highest BCUT2D eigenvalue weighted by atomic mass is 19.1. The second kappa shape index (κ2) is 6.91. The highest BCUT2D eigenvalue weighted by molar-refractivity contribution is 5.90. The normalized spacial score (nSPS) is 20.0. The van der Waals surface area contributed by atoms with Crippen LogP contribution in [0.2, 0.25) is 0 Å². The summed E-state index contributed by atoms with van der Waals surface area (Å²) in [6.07, 6.45) is 0.941. The molecule has 0 bridgehead atoms. The Bertz CT molecular complexity index is 925. The highest BCUT2D eigenvalue weighted by Crippen LogP contribution is 2.43. The fraction of sp³-hybridized carbons (Fsp3) is 0.333. The van der Waals surface area contributed by atoms with Crippen molar-refractivity contribution in [3.63, 3.8) is 0 Å². The predicted molar refractivity (Wildman–Crippen MR) is 103 cm³/mol. The van der Waals surface area contributed by atoms with Crippen LogP contribution in [0.15, 0.2) is 42.5 Å². The molecule has 1 aliphatic carbocycles. The van der Waals surface area contributed by atoms with Gasteiger partial charge in [0.1, 0.15) is 11.9 Å². The van der Waals surface area contributed by atoms with Gasteiger partial charge in [-0.25, -0.2) is 9.18 Å². The minimum Gasteiger partial charge on any atom is -0.442 e. The van der Waals surface area contributed by atoms with Crippen LogP contribution in [0.3, 0.4) is 0 Å². The van der Waals surface area contributed by atoms with E-state index in [1.807, 2.05) is 24.3 Å². The molecule has 1 unspecified atom stereocenters. The van der Waals surface area contributed by atoms with Crippen LogP contribution in [0.1, 0.15) is 25.3 Å². The zero-order valence-corrected chi connectivity index (χ0v) is 15.6. The average Bonchev–Trinajstić information content (AvgIpc) is 3.31. The molecule has 1 heterocycles. The summed E-state index contributed by atoms with van der Waals surface area (Å²) in [7, 11) is 0. The molecular formula is C21H22FN3O3. The Morgan fingerprint density at radius 2 is 2.00 bits per heavy atom. The molecular weight excluding hydrogens is 361 g/mol. The van der Waals surface area contributed by atoms with E-state index in [-0.39, 0.29) is 24.5 Å². The number of nitrogens with one attached hydrogen (secondary N) is 1. The molecule has 2 aliphatic rings. The van der Waals surface area contributed by atoms with Gasteiger partial charge in [-0.1, -0.05) is 24.3 Å². The molecule has 1 saturated carbocycles. The molecule has 0 radical (unpaired) electrons. The minimum atomic E-state index is -0.551. The zero-order valence-electron chi connectivity index (χ0n) is 15.6. The lowest BCUT2D eigenvalue weighted by Gasteiger charge is -2.15. The fourth-order valence-electron chi connectivity index (χ4n) is 3.41. The molecule has 4 rings (SSSR count). The molecule has 6 nitrogen and oxygen atoms in total. The second-order valence-corrected chi connectivity index (χ2v) is 7.45. The third-order valence-corrected chi connectivity index (χ3v) is 5.28. The smallest absolute Gasteiger partial charge is 0.414 e. The number of halogens is 1. The molecule has 146 valence electrons. The number of amides is 2. The standard InChI is InChI=1S/C21H22FN3O3/c1-13(26)24-11-17-12-25(20(27)28-17)16-6-7-18(19(22)10-16)14-2-4-15(5-3-14)21(23)8-9-21/h2-7,10,17H,8-9,11-12,23H2,1H3,(H,24,26). The molecule has 0 aromatic heterocycles. The Morgan fingerprint density at radius 3 is 2.61 bits per heavy atom. The van der Waals surface area contributed by atoms with Gasteiger partial charge in [0.2, 0.25) is 5.91 Å². The Morgan fingerprint density at radius 1 is 1.29 bits per heavy atom. The second-order valence-electron chi connectivity index (χ2n) is 7.45. The highest BCUT2D eigenvalue weighted by Gasteiger charge is 2.39. The quantitative estimate of drug-likeness (QED) is 0.831. The van der Waals surface area contributed by atoms with Gasteiger partial charge < -0.3 is 15.8 Å². The molecule has 2 amide bonds. The van der Waals surface area contributed by atoms with Gasteiger partial charge in [-0.2, -0.15) is 0 Å². The van der Waals surface area contributed by atoms with E-state index in [2.05, 4.69) is 5.32 Å². The summed E-state index contributed by atoms with van der Waals surface area (Å²) in [5.41, 5.74) is 8.68. The number of nitrogens with two attached hydrogens (primary N) is 1. The maximum Gasteiger partial charge on any atom is 0.414 e. The molecule has 1 aliphatic heterocycles. The molecule has 3 N–H and O–H groups in total. The summed E-state index contributed by atoms with van der Waals surface area (Å²) in [4.78, 5) is 24.5. The van der Waals surface area contributed by atoms with Gasteiger partial charge in [0.15, 0.2) is 0 Å². The third-order valence-electron chi connectivity index (χ3n) is 5.28. The molecule has 2 aromatic rings. The Balaban J connectivity index is 1.50. The first-order valence-corrected chi connectivity index (χ1v) is 9.28. The Hall–Kier alpha value is -2.93. The van der Waals surface area contributed by atoms with Crippen molar-refractivity contribution in [1.29, 1.82) is 0 Å². The van der Waals surface area contributed by atoms with Gasteiger partial charge in [-0.05, 0) is 42.2 Å². The van der Waals surface area contributed by atoms with Crippen LogP contribution >= 0.6 is 0 Å². The van der Waals surface area contributed by atoms with Gasteiger partial charge >= 0.3 is 6.09 Å². The Kier molecular flexibility index (Phi) is 4.55. The van der Waals surface area contributed by atoms with Crippen molar-refractivity contribution in [1.82, 2.24) is 5.32 Å². The molecule has 2 fully saturated rings.